The van der Waals surface area contributed by atoms with Crippen LogP contribution in [0.25, 0.3) is 0 Å². The lowest BCUT2D eigenvalue weighted by molar-refractivity contribution is 0.183. The van der Waals surface area contributed by atoms with E-state index in [1.807, 2.05) is 0 Å². The number of anilines is 1. The lowest BCUT2D eigenvalue weighted by Crippen LogP contribution is -2.51. The van der Waals surface area contributed by atoms with E-state index in [1.165, 1.54) is 11.3 Å². The first kappa shape index (κ1) is 23.0. The first-order valence-electron chi connectivity index (χ1n) is 6.54. The van der Waals surface area contributed by atoms with Crippen LogP contribution in [0, 0.1) is 0 Å². The number of rotatable bonds is 3. The van der Waals surface area contributed by atoms with Crippen molar-refractivity contribution >= 4 is 42.9 Å². The van der Waals surface area contributed by atoms with Crippen LogP contribution in [-0.4, -0.2) is 44.2 Å². The third-order valence-corrected chi connectivity index (χ3v) is 3.45. The van der Waals surface area contributed by atoms with Gasteiger partial charge in [0.1, 0.15) is 0 Å². The largest absolute Gasteiger partial charge is 0.378 e. The van der Waals surface area contributed by atoms with Gasteiger partial charge < -0.3 is 16.4 Å². The Labute approximate surface area is 146 Å². The van der Waals surface area contributed by atoms with Gasteiger partial charge in [-0.05, 0) is 24.1 Å². The topological polar surface area (TPSA) is 58.5 Å². The van der Waals surface area contributed by atoms with E-state index in [4.69, 9.17) is 11.5 Å². The zero-order valence-corrected chi connectivity index (χ0v) is 15.0. The molecule has 0 saturated carbocycles. The van der Waals surface area contributed by atoms with Crippen molar-refractivity contribution < 1.29 is 0 Å². The summed E-state index contributed by atoms with van der Waals surface area (Å²) in [6.07, 6.45) is 0.941. The molecular formula is C14H27Cl3N4. The van der Waals surface area contributed by atoms with Crippen LogP contribution in [0.1, 0.15) is 12.0 Å². The molecule has 1 aliphatic heterocycles. The van der Waals surface area contributed by atoms with E-state index < -0.39 is 0 Å². The van der Waals surface area contributed by atoms with Gasteiger partial charge in [0.2, 0.25) is 0 Å². The van der Waals surface area contributed by atoms with Crippen LogP contribution in [0.3, 0.4) is 0 Å². The zero-order valence-electron chi connectivity index (χ0n) is 12.6. The Balaban J connectivity index is 0. The third-order valence-electron chi connectivity index (χ3n) is 3.45. The Bertz CT molecular complexity index is 376. The van der Waals surface area contributed by atoms with Crippen LogP contribution in [0.5, 0.6) is 0 Å². The quantitative estimate of drug-likeness (QED) is 0.867. The molecule has 124 valence electrons. The molecule has 0 aromatic heterocycles. The molecular weight excluding hydrogens is 331 g/mol. The van der Waals surface area contributed by atoms with Gasteiger partial charge in [0.25, 0.3) is 0 Å². The van der Waals surface area contributed by atoms with Crippen molar-refractivity contribution in [2.45, 2.75) is 25.0 Å². The highest BCUT2D eigenvalue weighted by atomic mass is 35.5. The van der Waals surface area contributed by atoms with Gasteiger partial charge in [-0.25, -0.2) is 0 Å². The van der Waals surface area contributed by atoms with Gasteiger partial charge in [-0.2, -0.15) is 0 Å². The summed E-state index contributed by atoms with van der Waals surface area (Å²) in [6.45, 7) is 2.83. The highest BCUT2D eigenvalue weighted by molar-refractivity contribution is 5.86. The van der Waals surface area contributed by atoms with Crippen molar-refractivity contribution in [2.75, 3.05) is 32.1 Å². The third kappa shape index (κ3) is 7.04. The Morgan fingerprint density at radius 1 is 1.00 bits per heavy atom. The van der Waals surface area contributed by atoms with Crippen molar-refractivity contribution in [2.24, 2.45) is 11.5 Å². The Morgan fingerprint density at radius 3 is 1.90 bits per heavy atom. The number of hydrogen-bond donors (Lipinski definition) is 2. The number of hydrogen-bond acceptors (Lipinski definition) is 4. The second kappa shape index (κ2) is 10.5. The summed E-state index contributed by atoms with van der Waals surface area (Å²) in [4.78, 5) is 4.46. The van der Waals surface area contributed by atoms with E-state index in [0.717, 1.165) is 26.1 Å². The highest BCUT2D eigenvalue weighted by Crippen LogP contribution is 2.16. The standard InChI is InChI=1S/C14H24N4.3ClH/c1-17(2)14-5-3-11(4-6-14)8-18-9-12(15)7-13(16)10-18;;;/h3-6,12-13H,7-10,15-16H2,1-2H3;3*1H. The van der Waals surface area contributed by atoms with Gasteiger partial charge >= 0.3 is 0 Å². The first-order valence-corrected chi connectivity index (χ1v) is 6.54. The minimum absolute atomic E-state index is 0. The van der Waals surface area contributed by atoms with Gasteiger partial charge in [0.15, 0.2) is 0 Å². The minimum atomic E-state index is 0. The minimum Gasteiger partial charge on any atom is -0.378 e. The summed E-state index contributed by atoms with van der Waals surface area (Å²) >= 11 is 0. The normalized spacial score (nSPS) is 21.5. The van der Waals surface area contributed by atoms with E-state index in [-0.39, 0.29) is 49.3 Å². The Kier molecular flexibility index (Phi) is 11.5. The molecule has 21 heavy (non-hydrogen) atoms. The van der Waals surface area contributed by atoms with E-state index in [2.05, 4.69) is 48.2 Å². The van der Waals surface area contributed by atoms with Crippen LogP contribution < -0.4 is 16.4 Å². The number of nitrogens with zero attached hydrogens (tertiary/aromatic N) is 2. The van der Waals surface area contributed by atoms with Crippen molar-refractivity contribution in [3.8, 4) is 0 Å². The van der Waals surface area contributed by atoms with Crippen LogP contribution >= 0.6 is 37.2 Å². The summed E-state index contributed by atoms with van der Waals surface area (Å²) in [5.74, 6) is 0. The average molecular weight is 358 g/mol. The van der Waals surface area contributed by atoms with Crippen molar-refractivity contribution in [1.29, 1.82) is 0 Å². The second-order valence-electron chi connectivity index (χ2n) is 5.51. The lowest BCUT2D eigenvalue weighted by atomic mass is 10.0. The van der Waals surface area contributed by atoms with E-state index in [0.29, 0.717) is 0 Å². The van der Waals surface area contributed by atoms with Gasteiger partial charge in [-0.1, -0.05) is 12.1 Å². The van der Waals surface area contributed by atoms with Gasteiger partial charge in [-0.3, -0.25) is 4.90 Å². The average Bonchev–Trinajstić information content (AvgIpc) is 2.28. The fraction of sp³-hybridized carbons (Fsp3) is 0.571. The maximum Gasteiger partial charge on any atom is 0.0361 e. The van der Waals surface area contributed by atoms with Crippen molar-refractivity contribution in [1.82, 2.24) is 4.90 Å². The van der Waals surface area contributed by atoms with Gasteiger partial charge in [-0.15, -0.1) is 37.2 Å². The summed E-state index contributed by atoms with van der Waals surface area (Å²) < 4.78 is 0. The highest BCUT2D eigenvalue weighted by Gasteiger charge is 2.22. The van der Waals surface area contributed by atoms with Gasteiger partial charge in [0, 0.05) is 51.5 Å². The van der Waals surface area contributed by atoms with Crippen LogP contribution in [0.2, 0.25) is 0 Å². The maximum atomic E-state index is 6.00. The molecule has 4 N–H and O–H groups in total. The molecule has 7 heteroatoms. The molecule has 2 rings (SSSR count). The summed E-state index contributed by atoms with van der Waals surface area (Å²) in [5.41, 5.74) is 14.6. The monoisotopic (exact) mass is 356 g/mol. The van der Waals surface area contributed by atoms with Crippen LogP contribution in [0.15, 0.2) is 24.3 Å². The Hall–Kier alpha value is -0.230. The van der Waals surface area contributed by atoms with E-state index in [1.54, 1.807) is 0 Å². The van der Waals surface area contributed by atoms with E-state index in [9.17, 15) is 0 Å². The van der Waals surface area contributed by atoms with Crippen molar-refractivity contribution in [3.05, 3.63) is 29.8 Å². The van der Waals surface area contributed by atoms with Gasteiger partial charge in [0.05, 0.1) is 0 Å². The predicted octanol–water partition coefficient (Wildman–Crippen LogP) is 1.88. The summed E-state index contributed by atoms with van der Waals surface area (Å²) in [7, 11) is 4.11. The Morgan fingerprint density at radius 2 is 1.48 bits per heavy atom. The molecule has 1 saturated heterocycles. The van der Waals surface area contributed by atoms with Crippen LogP contribution in [-0.2, 0) is 6.54 Å². The number of halogens is 3. The second-order valence-corrected chi connectivity index (χ2v) is 5.51. The molecule has 1 fully saturated rings. The number of benzene rings is 1. The SMILES string of the molecule is CN(C)c1ccc(CN2CC(N)CC(N)C2)cc1.Cl.Cl.Cl. The fourth-order valence-corrected chi connectivity index (χ4v) is 2.56. The molecule has 0 spiro atoms. The fourth-order valence-electron chi connectivity index (χ4n) is 2.56. The lowest BCUT2D eigenvalue weighted by Gasteiger charge is -2.34. The predicted molar refractivity (Wildman–Crippen MR) is 98.4 cm³/mol. The van der Waals surface area contributed by atoms with Crippen LogP contribution in [0.4, 0.5) is 5.69 Å². The molecule has 2 unspecified atom stereocenters. The molecule has 0 aliphatic carbocycles. The molecule has 1 aromatic rings. The number of nitrogens with two attached hydrogens (primary N) is 2. The first-order chi connectivity index (χ1) is 8.54. The molecule has 1 aliphatic rings. The summed E-state index contributed by atoms with van der Waals surface area (Å²) in [6, 6.07) is 9.10. The molecule has 0 bridgehead atoms. The maximum absolute atomic E-state index is 6.00. The summed E-state index contributed by atoms with van der Waals surface area (Å²) in [5, 5.41) is 0. The molecule has 1 aromatic carbocycles. The molecule has 0 radical (unpaired) electrons. The zero-order chi connectivity index (χ0) is 13.1. The molecule has 1 heterocycles. The van der Waals surface area contributed by atoms with Crippen molar-refractivity contribution in [3.63, 3.8) is 0 Å². The molecule has 4 nitrogen and oxygen atoms in total. The molecule has 0 amide bonds. The van der Waals surface area contributed by atoms with E-state index >= 15 is 0 Å². The molecule has 2 atom stereocenters. The number of piperidine rings is 1. The number of likely N-dealkylation sites (tertiary alicyclic amines) is 1. The smallest absolute Gasteiger partial charge is 0.0361 e.